The molecule has 10 heteroatoms. The van der Waals surface area contributed by atoms with E-state index in [9.17, 15) is 4.79 Å². The predicted molar refractivity (Wildman–Crippen MR) is 115 cm³/mol. The average Bonchev–Trinajstić information content (AvgIpc) is 3.20. The molecule has 1 fully saturated rings. The third kappa shape index (κ3) is 4.08. The summed E-state index contributed by atoms with van der Waals surface area (Å²) in [5.74, 6) is 0.507. The van der Waals surface area contributed by atoms with E-state index >= 15 is 0 Å². The second-order valence-electron chi connectivity index (χ2n) is 7.08. The Labute approximate surface area is 172 Å². The minimum atomic E-state index is -0.360. The Bertz CT molecular complexity index is 999. The molecule has 9 nitrogen and oxygen atoms in total. The normalized spacial score (nSPS) is 17.2. The number of nitrogens with two attached hydrogens (primary N) is 2. The molecule has 0 spiro atoms. The molecule has 4 heterocycles. The van der Waals surface area contributed by atoms with Crippen molar-refractivity contribution in [2.24, 2.45) is 12.8 Å². The first kappa shape index (κ1) is 19.3. The van der Waals surface area contributed by atoms with Crippen LogP contribution in [0.15, 0.2) is 30.6 Å². The number of pyridine rings is 1. The Morgan fingerprint density at radius 1 is 1.31 bits per heavy atom. The third-order valence-corrected chi connectivity index (χ3v) is 5.89. The summed E-state index contributed by atoms with van der Waals surface area (Å²) in [6, 6.07) is 5.75. The van der Waals surface area contributed by atoms with E-state index in [-0.39, 0.29) is 17.6 Å². The van der Waals surface area contributed by atoms with Gasteiger partial charge in [-0.15, -0.1) is 0 Å². The number of nitrogen functional groups attached to an aromatic ring is 1. The molecule has 0 saturated carbocycles. The quantitative estimate of drug-likeness (QED) is 0.598. The first-order valence-corrected chi connectivity index (χ1v) is 10.4. The summed E-state index contributed by atoms with van der Waals surface area (Å²) in [5, 5.41) is 8.23. The SMILES string of the molecule is Cn1ncc(NC(=O)c2nc(-c3ccccn3)sc2N)c1N1CCCC(N)CC1. The molecule has 152 valence electrons. The molecule has 29 heavy (non-hydrogen) atoms. The summed E-state index contributed by atoms with van der Waals surface area (Å²) in [5.41, 5.74) is 13.7. The minimum absolute atomic E-state index is 0.198. The van der Waals surface area contributed by atoms with Crippen molar-refractivity contribution < 1.29 is 4.79 Å². The van der Waals surface area contributed by atoms with E-state index in [1.165, 1.54) is 11.3 Å². The van der Waals surface area contributed by atoms with Crippen LogP contribution in [0.3, 0.4) is 0 Å². The molecule has 3 aromatic heterocycles. The predicted octanol–water partition coefficient (Wildman–Crippen LogP) is 2.09. The van der Waals surface area contributed by atoms with Crippen molar-refractivity contribution >= 4 is 33.8 Å². The van der Waals surface area contributed by atoms with Gasteiger partial charge in [-0.1, -0.05) is 17.4 Å². The van der Waals surface area contributed by atoms with Crippen molar-refractivity contribution in [1.82, 2.24) is 19.7 Å². The molecule has 1 saturated heterocycles. The molecule has 5 N–H and O–H groups in total. The van der Waals surface area contributed by atoms with Gasteiger partial charge >= 0.3 is 0 Å². The van der Waals surface area contributed by atoms with E-state index in [0.29, 0.717) is 21.4 Å². The van der Waals surface area contributed by atoms with Crippen LogP contribution in [0.5, 0.6) is 0 Å². The minimum Gasteiger partial charge on any atom is -0.389 e. The van der Waals surface area contributed by atoms with Gasteiger partial charge in [-0.2, -0.15) is 5.10 Å². The zero-order valence-corrected chi connectivity index (χ0v) is 17.0. The Kier molecular flexibility index (Phi) is 5.45. The zero-order chi connectivity index (χ0) is 20.4. The molecule has 0 bridgehead atoms. The van der Waals surface area contributed by atoms with Crippen LogP contribution in [0.25, 0.3) is 10.7 Å². The van der Waals surface area contributed by atoms with Gasteiger partial charge < -0.3 is 21.7 Å². The fourth-order valence-electron chi connectivity index (χ4n) is 3.50. The van der Waals surface area contributed by atoms with Gasteiger partial charge in [0.05, 0.1) is 11.9 Å². The molecular formula is C19H24N8OS. The highest BCUT2D eigenvalue weighted by molar-refractivity contribution is 7.19. The standard InChI is InChI=1S/C19H24N8OS/c1-26-19(27-9-4-5-12(20)7-10-27)14(11-23-26)24-17(28)15-16(21)29-18(25-15)13-6-2-3-8-22-13/h2-3,6,8,11-12H,4-5,7,9-10,20-21H2,1H3,(H,24,28). The monoisotopic (exact) mass is 412 g/mol. The van der Waals surface area contributed by atoms with E-state index in [2.05, 4.69) is 25.3 Å². The maximum absolute atomic E-state index is 12.9. The summed E-state index contributed by atoms with van der Waals surface area (Å²) < 4.78 is 1.77. The van der Waals surface area contributed by atoms with Crippen LogP contribution in [0.1, 0.15) is 29.8 Å². The highest BCUT2D eigenvalue weighted by atomic mass is 32.1. The maximum Gasteiger partial charge on any atom is 0.277 e. The van der Waals surface area contributed by atoms with Gasteiger partial charge in [-0.05, 0) is 31.4 Å². The van der Waals surface area contributed by atoms with Crippen LogP contribution < -0.4 is 21.7 Å². The number of hydrogen-bond donors (Lipinski definition) is 3. The number of anilines is 3. The molecule has 1 atom stereocenters. The van der Waals surface area contributed by atoms with Crippen molar-refractivity contribution in [2.75, 3.05) is 29.0 Å². The summed E-state index contributed by atoms with van der Waals surface area (Å²) in [6.07, 6.45) is 6.25. The van der Waals surface area contributed by atoms with Gasteiger partial charge in [0.2, 0.25) is 0 Å². The summed E-state index contributed by atoms with van der Waals surface area (Å²) >= 11 is 1.24. The van der Waals surface area contributed by atoms with Crippen LogP contribution in [0.2, 0.25) is 0 Å². The lowest BCUT2D eigenvalue weighted by atomic mass is 10.1. The lowest BCUT2D eigenvalue weighted by Gasteiger charge is -2.24. The molecule has 0 aliphatic carbocycles. The summed E-state index contributed by atoms with van der Waals surface area (Å²) in [6.45, 7) is 1.70. The molecule has 1 amide bonds. The van der Waals surface area contributed by atoms with Gasteiger partial charge in [0.25, 0.3) is 5.91 Å². The van der Waals surface area contributed by atoms with Gasteiger partial charge in [0.1, 0.15) is 15.7 Å². The molecule has 3 aromatic rings. The second kappa shape index (κ2) is 8.18. The van der Waals surface area contributed by atoms with E-state index in [1.54, 1.807) is 17.1 Å². The fourth-order valence-corrected chi connectivity index (χ4v) is 4.31. The topological polar surface area (TPSA) is 128 Å². The van der Waals surface area contributed by atoms with Gasteiger partial charge in [0.15, 0.2) is 11.5 Å². The van der Waals surface area contributed by atoms with Crippen LogP contribution >= 0.6 is 11.3 Å². The fraction of sp³-hybridized carbons (Fsp3) is 0.368. The highest BCUT2D eigenvalue weighted by Gasteiger charge is 2.24. The third-order valence-electron chi connectivity index (χ3n) is 4.98. The lowest BCUT2D eigenvalue weighted by Crippen LogP contribution is -2.29. The number of nitrogens with one attached hydrogen (secondary N) is 1. The molecule has 0 aromatic carbocycles. The molecule has 1 unspecified atom stereocenters. The number of thiazole rings is 1. The summed E-state index contributed by atoms with van der Waals surface area (Å²) in [4.78, 5) is 23.8. The van der Waals surface area contributed by atoms with Crippen molar-refractivity contribution in [3.05, 3.63) is 36.3 Å². The number of aromatic nitrogens is 4. The van der Waals surface area contributed by atoms with Crippen LogP contribution in [-0.2, 0) is 7.05 Å². The molecule has 1 aliphatic rings. The smallest absolute Gasteiger partial charge is 0.277 e. The molecule has 1 aliphatic heterocycles. The van der Waals surface area contributed by atoms with E-state index in [0.717, 1.165) is 38.2 Å². The van der Waals surface area contributed by atoms with Crippen LogP contribution in [0.4, 0.5) is 16.5 Å². The Hall–Kier alpha value is -2.98. The van der Waals surface area contributed by atoms with E-state index in [4.69, 9.17) is 11.5 Å². The Morgan fingerprint density at radius 2 is 2.17 bits per heavy atom. The number of nitrogens with zero attached hydrogens (tertiary/aromatic N) is 5. The Balaban J connectivity index is 1.56. The van der Waals surface area contributed by atoms with Gasteiger partial charge in [-0.25, -0.2) is 4.98 Å². The highest BCUT2D eigenvalue weighted by Crippen LogP contribution is 2.31. The van der Waals surface area contributed by atoms with E-state index < -0.39 is 0 Å². The zero-order valence-electron chi connectivity index (χ0n) is 16.2. The van der Waals surface area contributed by atoms with Gasteiger partial charge in [0, 0.05) is 32.4 Å². The average molecular weight is 413 g/mol. The van der Waals surface area contributed by atoms with Crippen molar-refractivity contribution in [3.63, 3.8) is 0 Å². The van der Waals surface area contributed by atoms with Crippen LogP contribution in [-0.4, -0.2) is 44.8 Å². The Morgan fingerprint density at radius 3 is 2.97 bits per heavy atom. The maximum atomic E-state index is 12.9. The number of rotatable bonds is 4. The van der Waals surface area contributed by atoms with Crippen molar-refractivity contribution in [3.8, 4) is 10.7 Å². The van der Waals surface area contributed by atoms with E-state index in [1.807, 2.05) is 25.2 Å². The molecule has 0 radical (unpaired) electrons. The largest absolute Gasteiger partial charge is 0.389 e. The first-order valence-electron chi connectivity index (χ1n) is 9.54. The lowest BCUT2D eigenvalue weighted by molar-refractivity contribution is 0.102. The van der Waals surface area contributed by atoms with Crippen molar-refractivity contribution in [2.45, 2.75) is 25.3 Å². The van der Waals surface area contributed by atoms with Crippen molar-refractivity contribution in [1.29, 1.82) is 0 Å². The van der Waals surface area contributed by atoms with Gasteiger partial charge in [-0.3, -0.25) is 14.5 Å². The number of amides is 1. The number of carbonyl (C=O) groups is 1. The number of aryl methyl sites for hydroxylation is 1. The number of carbonyl (C=O) groups excluding carboxylic acids is 1. The molecular weight excluding hydrogens is 388 g/mol. The molecule has 4 rings (SSSR count). The first-order chi connectivity index (χ1) is 14.0. The van der Waals surface area contributed by atoms with Crippen LogP contribution in [0, 0.1) is 0 Å². The second-order valence-corrected chi connectivity index (χ2v) is 8.12. The number of hydrogen-bond acceptors (Lipinski definition) is 8. The summed E-state index contributed by atoms with van der Waals surface area (Å²) in [7, 11) is 1.87.